The van der Waals surface area contributed by atoms with Gasteiger partial charge in [0.05, 0.1) is 6.61 Å². The molecule has 5 heteroatoms. The van der Waals surface area contributed by atoms with Crippen molar-refractivity contribution >= 4 is 5.91 Å². The molecule has 13 heavy (non-hydrogen) atoms. The number of amides is 1. The average molecular weight is 183 g/mol. The molecular weight excluding hydrogens is 170 g/mol. The second kappa shape index (κ2) is 3.93. The Hall–Kier alpha value is -1.52. The van der Waals surface area contributed by atoms with Gasteiger partial charge in [0.2, 0.25) is 5.88 Å². The standard InChI is InChI=1S/C8H13N3O2/c1-4-13-7-5-6(8(12)9-2)11(3)10-7/h5H,4H2,1-3H3,(H,9,12). The van der Waals surface area contributed by atoms with Crippen molar-refractivity contribution in [1.82, 2.24) is 15.1 Å². The lowest BCUT2D eigenvalue weighted by atomic mass is 10.4. The minimum Gasteiger partial charge on any atom is -0.477 e. The Balaban J connectivity index is 2.89. The van der Waals surface area contributed by atoms with E-state index in [1.165, 1.54) is 4.68 Å². The van der Waals surface area contributed by atoms with E-state index in [1.54, 1.807) is 20.2 Å². The van der Waals surface area contributed by atoms with Crippen LogP contribution < -0.4 is 10.1 Å². The first-order valence-electron chi connectivity index (χ1n) is 4.08. The summed E-state index contributed by atoms with van der Waals surface area (Å²) < 4.78 is 6.64. The van der Waals surface area contributed by atoms with E-state index in [2.05, 4.69) is 10.4 Å². The van der Waals surface area contributed by atoms with Gasteiger partial charge in [-0.15, -0.1) is 5.10 Å². The van der Waals surface area contributed by atoms with Gasteiger partial charge in [0.25, 0.3) is 5.91 Å². The highest BCUT2D eigenvalue weighted by Crippen LogP contribution is 2.10. The monoisotopic (exact) mass is 183 g/mol. The number of hydrogen-bond donors (Lipinski definition) is 1. The molecule has 1 heterocycles. The Morgan fingerprint density at radius 2 is 2.46 bits per heavy atom. The second-order valence-electron chi connectivity index (χ2n) is 2.50. The Kier molecular flexibility index (Phi) is 2.89. The van der Waals surface area contributed by atoms with E-state index in [-0.39, 0.29) is 5.91 Å². The van der Waals surface area contributed by atoms with Gasteiger partial charge in [0, 0.05) is 20.2 Å². The third-order valence-electron chi connectivity index (χ3n) is 1.61. The van der Waals surface area contributed by atoms with Gasteiger partial charge in [-0.05, 0) is 6.92 Å². The quantitative estimate of drug-likeness (QED) is 0.727. The van der Waals surface area contributed by atoms with Crippen LogP contribution in [0.15, 0.2) is 6.07 Å². The van der Waals surface area contributed by atoms with Crippen LogP contribution in [0.4, 0.5) is 0 Å². The van der Waals surface area contributed by atoms with Gasteiger partial charge < -0.3 is 10.1 Å². The first kappa shape index (κ1) is 9.57. The van der Waals surface area contributed by atoms with Crippen LogP contribution in [0.1, 0.15) is 17.4 Å². The highest BCUT2D eigenvalue weighted by Gasteiger charge is 2.11. The smallest absolute Gasteiger partial charge is 0.269 e. The summed E-state index contributed by atoms with van der Waals surface area (Å²) in [4.78, 5) is 11.2. The topological polar surface area (TPSA) is 56.1 Å². The van der Waals surface area contributed by atoms with E-state index in [4.69, 9.17) is 4.74 Å². The molecule has 1 aromatic rings. The minimum absolute atomic E-state index is 0.166. The number of ether oxygens (including phenoxy) is 1. The highest BCUT2D eigenvalue weighted by atomic mass is 16.5. The molecule has 0 aromatic carbocycles. The summed E-state index contributed by atoms with van der Waals surface area (Å²) >= 11 is 0. The van der Waals surface area contributed by atoms with E-state index >= 15 is 0 Å². The maximum Gasteiger partial charge on any atom is 0.269 e. The summed E-state index contributed by atoms with van der Waals surface area (Å²) in [7, 11) is 3.28. The molecule has 0 fully saturated rings. The molecule has 72 valence electrons. The maximum absolute atomic E-state index is 11.2. The van der Waals surface area contributed by atoms with Crippen LogP contribution in [0.2, 0.25) is 0 Å². The van der Waals surface area contributed by atoms with E-state index in [9.17, 15) is 4.79 Å². The molecule has 1 aromatic heterocycles. The van der Waals surface area contributed by atoms with Crippen LogP contribution in [0.5, 0.6) is 5.88 Å². The molecule has 0 aliphatic heterocycles. The number of nitrogens with zero attached hydrogens (tertiary/aromatic N) is 2. The predicted octanol–water partition coefficient (Wildman–Crippen LogP) is 0.178. The second-order valence-corrected chi connectivity index (χ2v) is 2.50. The van der Waals surface area contributed by atoms with E-state index < -0.39 is 0 Å². The van der Waals surface area contributed by atoms with Gasteiger partial charge in [0.15, 0.2) is 0 Å². The minimum atomic E-state index is -0.166. The molecule has 0 bridgehead atoms. The zero-order valence-electron chi connectivity index (χ0n) is 8.00. The Morgan fingerprint density at radius 3 is 3.00 bits per heavy atom. The van der Waals surface area contributed by atoms with Crippen molar-refractivity contribution in [3.63, 3.8) is 0 Å². The fourth-order valence-electron chi connectivity index (χ4n) is 1.000. The van der Waals surface area contributed by atoms with E-state index in [1.807, 2.05) is 6.92 Å². The largest absolute Gasteiger partial charge is 0.477 e. The summed E-state index contributed by atoms with van der Waals surface area (Å²) in [6, 6.07) is 1.61. The number of nitrogens with one attached hydrogen (secondary N) is 1. The van der Waals surface area contributed by atoms with Gasteiger partial charge >= 0.3 is 0 Å². The molecule has 0 aliphatic carbocycles. The third kappa shape index (κ3) is 1.99. The molecule has 1 rings (SSSR count). The lowest BCUT2D eigenvalue weighted by molar-refractivity contribution is 0.0954. The highest BCUT2D eigenvalue weighted by molar-refractivity contribution is 5.92. The van der Waals surface area contributed by atoms with E-state index in [0.29, 0.717) is 18.2 Å². The number of rotatable bonds is 3. The van der Waals surface area contributed by atoms with Gasteiger partial charge in [-0.1, -0.05) is 0 Å². The molecule has 0 unspecified atom stereocenters. The lowest BCUT2D eigenvalue weighted by Gasteiger charge is -1.96. The van der Waals surface area contributed by atoms with Crippen LogP contribution in [-0.2, 0) is 7.05 Å². The van der Waals surface area contributed by atoms with Gasteiger partial charge in [-0.3, -0.25) is 9.48 Å². The average Bonchev–Trinajstić information content (AvgIpc) is 2.46. The molecule has 1 N–H and O–H groups in total. The molecule has 0 saturated carbocycles. The summed E-state index contributed by atoms with van der Waals surface area (Å²) in [6.07, 6.45) is 0. The SMILES string of the molecule is CCOc1cc(C(=O)NC)n(C)n1. The van der Waals surface area contributed by atoms with Crippen LogP contribution in [-0.4, -0.2) is 29.3 Å². The van der Waals surface area contributed by atoms with Crippen molar-refractivity contribution in [2.24, 2.45) is 7.05 Å². The number of hydrogen-bond acceptors (Lipinski definition) is 3. The lowest BCUT2D eigenvalue weighted by Crippen LogP contribution is -2.20. The third-order valence-corrected chi connectivity index (χ3v) is 1.61. The van der Waals surface area contributed by atoms with Crippen molar-refractivity contribution in [3.05, 3.63) is 11.8 Å². The number of carbonyl (C=O) groups excluding carboxylic acids is 1. The van der Waals surface area contributed by atoms with Gasteiger partial charge in [-0.25, -0.2) is 0 Å². The van der Waals surface area contributed by atoms with Crippen molar-refractivity contribution in [2.45, 2.75) is 6.92 Å². The van der Waals surface area contributed by atoms with Crippen LogP contribution >= 0.6 is 0 Å². The molecule has 0 radical (unpaired) electrons. The summed E-state index contributed by atoms with van der Waals surface area (Å²) in [5.74, 6) is 0.310. The Morgan fingerprint density at radius 1 is 1.77 bits per heavy atom. The molecule has 0 spiro atoms. The maximum atomic E-state index is 11.2. The first-order chi connectivity index (χ1) is 6.19. The number of aryl methyl sites for hydroxylation is 1. The van der Waals surface area contributed by atoms with Gasteiger partial charge in [0.1, 0.15) is 5.69 Å². The Bertz CT molecular complexity index is 306. The normalized spacial score (nSPS) is 9.77. The molecule has 0 saturated heterocycles. The van der Waals surface area contributed by atoms with Gasteiger partial charge in [-0.2, -0.15) is 0 Å². The fraction of sp³-hybridized carbons (Fsp3) is 0.500. The van der Waals surface area contributed by atoms with Crippen molar-refractivity contribution in [3.8, 4) is 5.88 Å². The number of carbonyl (C=O) groups is 1. The predicted molar refractivity (Wildman–Crippen MR) is 47.8 cm³/mol. The zero-order chi connectivity index (χ0) is 9.84. The van der Waals surface area contributed by atoms with Crippen molar-refractivity contribution < 1.29 is 9.53 Å². The van der Waals surface area contributed by atoms with E-state index in [0.717, 1.165) is 0 Å². The Labute approximate surface area is 76.7 Å². The molecular formula is C8H13N3O2. The van der Waals surface area contributed by atoms with Crippen molar-refractivity contribution in [2.75, 3.05) is 13.7 Å². The molecule has 0 aliphatic rings. The first-order valence-corrected chi connectivity index (χ1v) is 4.08. The summed E-state index contributed by atoms with van der Waals surface area (Å²) in [5.41, 5.74) is 0.492. The molecule has 1 amide bonds. The van der Waals surface area contributed by atoms with Crippen molar-refractivity contribution in [1.29, 1.82) is 0 Å². The fourth-order valence-corrected chi connectivity index (χ4v) is 1.000. The van der Waals surface area contributed by atoms with Crippen LogP contribution in [0, 0.1) is 0 Å². The zero-order valence-corrected chi connectivity index (χ0v) is 8.00. The number of aromatic nitrogens is 2. The summed E-state index contributed by atoms with van der Waals surface area (Å²) in [6.45, 7) is 2.42. The molecule has 0 atom stereocenters. The van der Waals surface area contributed by atoms with Crippen LogP contribution in [0.3, 0.4) is 0 Å². The molecule has 5 nitrogen and oxygen atoms in total. The summed E-state index contributed by atoms with van der Waals surface area (Å²) in [5, 5.41) is 6.53. The van der Waals surface area contributed by atoms with Crippen LogP contribution in [0.25, 0.3) is 0 Å².